The maximum absolute atomic E-state index is 12.6. The van der Waals surface area contributed by atoms with E-state index in [1.807, 2.05) is 18.2 Å². The van der Waals surface area contributed by atoms with E-state index in [0.29, 0.717) is 11.3 Å². The first-order chi connectivity index (χ1) is 11.8. The van der Waals surface area contributed by atoms with Crippen molar-refractivity contribution in [1.82, 2.24) is 5.32 Å². The van der Waals surface area contributed by atoms with E-state index in [4.69, 9.17) is 4.74 Å². The fourth-order valence-corrected chi connectivity index (χ4v) is 4.22. The van der Waals surface area contributed by atoms with Crippen LogP contribution in [0.2, 0.25) is 0 Å². The van der Waals surface area contributed by atoms with Crippen molar-refractivity contribution >= 4 is 5.91 Å². The summed E-state index contributed by atoms with van der Waals surface area (Å²) < 4.78 is 5.12. The monoisotopic (exact) mass is 336 g/mol. The highest BCUT2D eigenvalue weighted by atomic mass is 16.5. The molecule has 0 spiro atoms. The molecule has 1 heterocycles. The van der Waals surface area contributed by atoms with Crippen LogP contribution >= 0.6 is 0 Å². The van der Waals surface area contributed by atoms with E-state index < -0.39 is 34.3 Å². The Morgan fingerprint density at radius 2 is 1.80 bits per heavy atom. The Morgan fingerprint density at radius 3 is 2.28 bits per heavy atom. The number of aliphatic hydroxyl groups is 1. The molecule has 2 aliphatic rings. The highest BCUT2D eigenvalue weighted by Gasteiger charge is 2.76. The van der Waals surface area contributed by atoms with Crippen molar-refractivity contribution in [2.24, 2.45) is 16.7 Å². The summed E-state index contributed by atoms with van der Waals surface area (Å²) in [6.45, 7) is 1.67. The second-order valence-corrected chi connectivity index (χ2v) is 6.64. The number of rotatable bonds is 2. The van der Waals surface area contributed by atoms with Crippen LogP contribution in [0, 0.1) is 50.7 Å². The maximum Gasteiger partial charge on any atom is 0.245 e. The Hall–Kier alpha value is -3.08. The van der Waals surface area contributed by atoms with Gasteiger partial charge in [0.1, 0.15) is 11.5 Å². The second-order valence-electron chi connectivity index (χ2n) is 6.64. The Bertz CT molecular complexity index is 846. The lowest BCUT2D eigenvalue weighted by Crippen LogP contribution is -2.56. The number of nitrogens with one attached hydrogen (secondary N) is 1. The van der Waals surface area contributed by atoms with E-state index in [1.54, 1.807) is 31.2 Å². The van der Waals surface area contributed by atoms with Gasteiger partial charge in [-0.05, 0) is 17.7 Å². The molecule has 1 aromatic rings. The van der Waals surface area contributed by atoms with Crippen molar-refractivity contribution < 1.29 is 14.6 Å². The topological polar surface area (TPSA) is 130 Å². The van der Waals surface area contributed by atoms with Gasteiger partial charge in [0.2, 0.25) is 5.91 Å². The van der Waals surface area contributed by atoms with Crippen LogP contribution in [0.5, 0.6) is 5.75 Å². The molecule has 1 saturated carbocycles. The first kappa shape index (κ1) is 16.8. The molecule has 3 rings (SSSR count). The van der Waals surface area contributed by atoms with Crippen molar-refractivity contribution in [1.29, 1.82) is 15.8 Å². The number of hydrogen-bond acceptors (Lipinski definition) is 6. The SMILES string of the molecule is COc1ccc([C@@H]2[C@@H](C)[C@]3(O)C[C@@](C#N)(C(=O)N3)C2(C#N)C#N)cc1. The van der Waals surface area contributed by atoms with Crippen LogP contribution in [0.25, 0.3) is 0 Å². The molecule has 1 amide bonds. The summed E-state index contributed by atoms with van der Waals surface area (Å²) in [6.07, 6.45) is -0.287. The summed E-state index contributed by atoms with van der Waals surface area (Å²) in [5.74, 6) is -1.65. The van der Waals surface area contributed by atoms with Crippen molar-refractivity contribution in [3.05, 3.63) is 29.8 Å². The molecule has 25 heavy (non-hydrogen) atoms. The lowest BCUT2D eigenvalue weighted by atomic mass is 9.49. The molecule has 1 aliphatic carbocycles. The molecule has 0 radical (unpaired) electrons. The summed E-state index contributed by atoms with van der Waals surface area (Å²) in [5.41, 5.74) is -4.90. The van der Waals surface area contributed by atoms with Gasteiger partial charge in [-0.2, -0.15) is 15.8 Å². The number of methoxy groups -OCH3 is 1. The standard InChI is InChI=1S/C18H16N4O3/c1-11-14(12-3-5-13(25-2)6-4-12)17(9-20,10-21)16(8-19)7-18(11,24)22-15(16)23/h3-6,11,14,24H,7H2,1-2H3,(H,22,23)/t11-,14+,16-,18-/m1/s1. The van der Waals surface area contributed by atoms with Crippen LogP contribution in [-0.4, -0.2) is 23.8 Å². The van der Waals surface area contributed by atoms with E-state index in [0.717, 1.165) is 0 Å². The molecule has 4 atom stereocenters. The molecule has 0 unspecified atom stereocenters. The van der Waals surface area contributed by atoms with Crippen molar-refractivity contribution in [2.45, 2.75) is 25.0 Å². The molecule has 2 N–H and O–H groups in total. The normalized spacial score (nSPS) is 35.0. The number of fused-ring (bicyclic) bond motifs is 2. The number of amides is 1. The summed E-state index contributed by atoms with van der Waals surface area (Å²) in [4.78, 5) is 12.6. The first-order valence-electron chi connectivity index (χ1n) is 7.77. The molecule has 1 aromatic carbocycles. The molecular formula is C18H16N4O3. The Balaban J connectivity index is 2.28. The van der Waals surface area contributed by atoms with E-state index in [9.17, 15) is 25.7 Å². The van der Waals surface area contributed by atoms with Crippen LogP contribution in [0.15, 0.2) is 24.3 Å². The Labute approximate surface area is 145 Å². The highest BCUT2D eigenvalue weighted by molar-refractivity contribution is 5.92. The third-order valence-electron chi connectivity index (χ3n) is 5.66. The van der Waals surface area contributed by atoms with Crippen LogP contribution in [0.3, 0.4) is 0 Å². The lowest BCUT2D eigenvalue weighted by molar-refractivity contribution is -0.128. The van der Waals surface area contributed by atoms with Crippen LogP contribution in [0.4, 0.5) is 0 Å². The van der Waals surface area contributed by atoms with Gasteiger partial charge < -0.3 is 15.2 Å². The number of nitrogens with zero attached hydrogens (tertiary/aromatic N) is 3. The molecule has 0 aromatic heterocycles. The summed E-state index contributed by atoms with van der Waals surface area (Å²) >= 11 is 0. The fourth-order valence-electron chi connectivity index (χ4n) is 4.22. The second kappa shape index (κ2) is 5.21. The third kappa shape index (κ3) is 1.83. The van der Waals surface area contributed by atoms with Gasteiger partial charge in [0.15, 0.2) is 10.8 Å². The zero-order valence-corrected chi connectivity index (χ0v) is 13.8. The summed E-state index contributed by atoms with van der Waals surface area (Å²) in [5, 5.41) is 42.9. The first-order valence-corrected chi connectivity index (χ1v) is 7.77. The smallest absolute Gasteiger partial charge is 0.245 e. The highest BCUT2D eigenvalue weighted by Crippen LogP contribution is 2.64. The third-order valence-corrected chi connectivity index (χ3v) is 5.66. The molecule has 126 valence electrons. The fraction of sp³-hybridized carbons (Fsp3) is 0.444. The minimum atomic E-state index is -1.93. The quantitative estimate of drug-likeness (QED) is 0.834. The summed E-state index contributed by atoms with van der Waals surface area (Å²) in [7, 11) is 1.52. The largest absolute Gasteiger partial charge is 0.497 e. The molecule has 1 saturated heterocycles. The number of benzene rings is 1. The van der Waals surface area contributed by atoms with E-state index in [-0.39, 0.29) is 6.42 Å². The number of carbonyl (C=O) groups is 1. The van der Waals surface area contributed by atoms with E-state index in [1.165, 1.54) is 7.11 Å². The average Bonchev–Trinajstić information content (AvgIpc) is 2.89. The zero-order valence-electron chi connectivity index (χ0n) is 13.8. The van der Waals surface area contributed by atoms with Crippen LogP contribution in [-0.2, 0) is 4.79 Å². The summed E-state index contributed by atoms with van der Waals surface area (Å²) in [6, 6.07) is 12.5. The van der Waals surface area contributed by atoms with E-state index >= 15 is 0 Å². The molecular weight excluding hydrogens is 320 g/mol. The number of carbonyl (C=O) groups excluding carboxylic acids is 1. The van der Waals surface area contributed by atoms with Gasteiger partial charge in [-0.1, -0.05) is 19.1 Å². The molecule has 7 nitrogen and oxygen atoms in total. The predicted octanol–water partition coefficient (Wildman–Crippen LogP) is 1.18. The zero-order chi connectivity index (χ0) is 18.5. The molecule has 2 fully saturated rings. The lowest BCUT2D eigenvalue weighted by Gasteiger charge is -2.48. The van der Waals surface area contributed by atoms with Gasteiger partial charge in [-0.3, -0.25) is 4.79 Å². The Morgan fingerprint density at radius 1 is 1.20 bits per heavy atom. The molecule has 7 heteroatoms. The van der Waals surface area contributed by atoms with Crippen molar-refractivity contribution in [2.75, 3.05) is 7.11 Å². The predicted molar refractivity (Wildman–Crippen MR) is 84.3 cm³/mol. The van der Waals surface area contributed by atoms with Crippen molar-refractivity contribution in [3.8, 4) is 24.0 Å². The molecule has 1 aliphatic heterocycles. The van der Waals surface area contributed by atoms with Gasteiger partial charge >= 0.3 is 0 Å². The molecule has 2 bridgehead atoms. The van der Waals surface area contributed by atoms with Gasteiger partial charge in [0.25, 0.3) is 0 Å². The maximum atomic E-state index is 12.6. The number of hydrogen-bond donors (Lipinski definition) is 2. The minimum Gasteiger partial charge on any atom is -0.497 e. The van der Waals surface area contributed by atoms with Gasteiger partial charge in [0, 0.05) is 18.3 Å². The number of nitriles is 3. The van der Waals surface area contributed by atoms with E-state index in [2.05, 4.69) is 5.32 Å². The van der Waals surface area contributed by atoms with Gasteiger partial charge in [-0.15, -0.1) is 0 Å². The van der Waals surface area contributed by atoms with Crippen LogP contribution < -0.4 is 10.1 Å². The number of ether oxygens (including phenoxy) is 1. The van der Waals surface area contributed by atoms with Crippen molar-refractivity contribution in [3.63, 3.8) is 0 Å². The minimum absolute atomic E-state index is 0.287. The Kier molecular flexibility index (Phi) is 3.49. The van der Waals surface area contributed by atoms with Gasteiger partial charge in [0.05, 0.1) is 25.3 Å². The average molecular weight is 336 g/mol. The van der Waals surface area contributed by atoms with Gasteiger partial charge in [-0.25, -0.2) is 0 Å². The van der Waals surface area contributed by atoms with Crippen LogP contribution in [0.1, 0.15) is 24.8 Å².